The summed E-state index contributed by atoms with van der Waals surface area (Å²) < 4.78 is 11.6. The summed E-state index contributed by atoms with van der Waals surface area (Å²) in [5.41, 5.74) is 8.28. The van der Waals surface area contributed by atoms with E-state index < -0.39 is 17.6 Å². The van der Waals surface area contributed by atoms with Crippen LogP contribution in [-0.4, -0.2) is 24.5 Å². The molecule has 0 amide bonds. The molecule has 0 spiro atoms. The number of methoxy groups -OCH3 is 1. The van der Waals surface area contributed by atoms with Crippen LogP contribution in [0, 0.1) is 0 Å². The Morgan fingerprint density at radius 2 is 1.63 bits per heavy atom. The SMILES string of the molecule is COC(=O)[C@]1(Cc2ccccc2)N=C(c2ccccc2)OC1c1ccccc1CN. The summed E-state index contributed by atoms with van der Waals surface area (Å²) in [5, 5.41) is 0. The van der Waals surface area contributed by atoms with Crippen molar-refractivity contribution in [3.63, 3.8) is 0 Å². The van der Waals surface area contributed by atoms with Crippen molar-refractivity contribution in [2.45, 2.75) is 24.6 Å². The second-order valence-corrected chi connectivity index (χ2v) is 7.26. The van der Waals surface area contributed by atoms with E-state index in [2.05, 4.69) is 0 Å². The van der Waals surface area contributed by atoms with Crippen LogP contribution in [0.5, 0.6) is 0 Å². The highest BCUT2D eigenvalue weighted by Gasteiger charge is 2.54. The second kappa shape index (κ2) is 8.51. The Kier molecular flexibility index (Phi) is 5.63. The van der Waals surface area contributed by atoms with Gasteiger partial charge >= 0.3 is 5.97 Å². The number of ether oxygens (including phenoxy) is 2. The Morgan fingerprint density at radius 3 is 2.30 bits per heavy atom. The number of hydrogen-bond donors (Lipinski definition) is 1. The molecule has 1 aliphatic heterocycles. The predicted octanol–water partition coefficient (Wildman–Crippen LogP) is 3.82. The summed E-state index contributed by atoms with van der Waals surface area (Å²) >= 11 is 0. The molecule has 0 aliphatic carbocycles. The minimum absolute atomic E-state index is 0.333. The van der Waals surface area contributed by atoms with E-state index in [1.54, 1.807) is 0 Å². The molecule has 0 bridgehead atoms. The molecule has 1 heterocycles. The van der Waals surface area contributed by atoms with Crippen molar-refractivity contribution in [1.29, 1.82) is 0 Å². The molecule has 0 radical (unpaired) electrons. The lowest BCUT2D eigenvalue weighted by atomic mass is 9.81. The van der Waals surface area contributed by atoms with Gasteiger partial charge in [0.1, 0.15) is 0 Å². The fraction of sp³-hybridized carbons (Fsp3) is 0.200. The Balaban J connectivity index is 1.89. The molecular formula is C25H24N2O3. The van der Waals surface area contributed by atoms with Crippen LogP contribution in [0.1, 0.15) is 28.4 Å². The van der Waals surface area contributed by atoms with Gasteiger partial charge in [-0.3, -0.25) is 0 Å². The maximum absolute atomic E-state index is 13.3. The third kappa shape index (κ3) is 3.60. The molecule has 2 N–H and O–H groups in total. The second-order valence-electron chi connectivity index (χ2n) is 7.26. The van der Waals surface area contributed by atoms with Crippen LogP contribution >= 0.6 is 0 Å². The van der Waals surface area contributed by atoms with E-state index in [0.29, 0.717) is 18.9 Å². The molecule has 2 atom stereocenters. The molecule has 30 heavy (non-hydrogen) atoms. The molecule has 0 aromatic heterocycles. The van der Waals surface area contributed by atoms with E-state index >= 15 is 0 Å². The molecule has 0 fully saturated rings. The third-order valence-electron chi connectivity index (χ3n) is 5.40. The van der Waals surface area contributed by atoms with Crippen LogP contribution in [0.25, 0.3) is 0 Å². The smallest absolute Gasteiger partial charge is 0.338 e. The van der Waals surface area contributed by atoms with Gasteiger partial charge in [-0.1, -0.05) is 72.8 Å². The maximum Gasteiger partial charge on any atom is 0.338 e. The van der Waals surface area contributed by atoms with Crippen molar-refractivity contribution >= 4 is 11.9 Å². The first-order chi connectivity index (χ1) is 14.7. The highest BCUT2D eigenvalue weighted by atomic mass is 16.5. The third-order valence-corrected chi connectivity index (χ3v) is 5.40. The summed E-state index contributed by atoms with van der Waals surface area (Å²) in [5.74, 6) is -0.0112. The number of aliphatic imine (C=N–C) groups is 1. The summed E-state index contributed by atoms with van der Waals surface area (Å²) in [6.45, 7) is 0.333. The number of nitrogens with two attached hydrogens (primary N) is 1. The molecule has 3 aromatic rings. The van der Waals surface area contributed by atoms with Gasteiger partial charge in [-0.15, -0.1) is 0 Å². The largest absolute Gasteiger partial charge is 0.467 e. The van der Waals surface area contributed by atoms with Gasteiger partial charge in [0.15, 0.2) is 6.10 Å². The molecule has 5 heteroatoms. The first-order valence-corrected chi connectivity index (χ1v) is 9.90. The lowest BCUT2D eigenvalue weighted by molar-refractivity contribution is -0.150. The molecular weight excluding hydrogens is 376 g/mol. The zero-order valence-corrected chi connectivity index (χ0v) is 16.8. The molecule has 152 valence electrons. The van der Waals surface area contributed by atoms with E-state index in [4.69, 9.17) is 20.2 Å². The van der Waals surface area contributed by atoms with E-state index in [1.165, 1.54) is 7.11 Å². The number of benzene rings is 3. The van der Waals surface area contributed by atoms with Crippen LogP contribution in [0.3, 0.4) is 0 Å². The topological polar surface area (TPSA) is 73.9 Å². The molecule has 0 saturated carbocycles. The fourth-order valence-corrected chi connectivity index (χ4v) is 3.93. The van der Waals surface area contributed by atoms with Gasteiger partial charge < -0.3 is 15.2 Å². The Morgan fingerprint density at radius 1 is 1.00 bits per heavy atom. The zero-order chi connectivity index (χ0) is 21.0. The van der Waals surface area contributed by atoms with Crippen molar-refractivity contribution < 1.29 is 14.3 Å². The van der Waals surface area contributed by atoms with Crippen LogP contribution < -0.4 is 5.73 Å². The maximum atomic E-state index is 13.3. The summed E-state index contributed by atoms with van der Waals surface area (Å²) in [6, 6.07) is 27.1. The van der Waals surface area contributed by atoms with E-state index in [1.807, 2.05) is 84.9 Å². The number of carbonyl (C=O) groups is 1. The molecule has 1 aliphatic rings. The monoisotopic (exact) mass is 400 g/mol. The average molecular weight is 400 g/mol. The summed E-state index contributed by atoms with van der Waals surface area (Å²) in [4.78, 5) is 18.1. The molecule has 1 unspecified atom stereocenters. The number of rotatable bonds is 6. The number of esters is 1. The van der Waals surface area contributed by atoms with Crippen LogP contribution in [-0.2, 0) is 27.2 Å². The molecule has 4 rings (SSSR count). The minimum Gasteiger partial charge on any atom is -0.467 e. The highest BCUT2D eigenvalue weighted by molar-refractivity contribution is 5.99. The van der Waals surface area contributed by atoms with Gasteiger partial charge in [-0.05, 0) is 28.8 Å². The van der Waals surface area contributed by atoms with Crippen molar-refractivity contribution in [1.82, 2.24) is 0 Å². The quantitative estimate of drug-likeness (QED) is 0.639. The zero-order valence-electron chi connectivity index (χ0n) is 16.8. The van der Waals surface area contributed by atoms with Gasteiger partial charge in [-0.25, -0.2) is 9.79 Å². The standard InChI is InChI=1S/C25H24N2O3/c1-29-24(28)25(16-18-10-4-2-5-11-18)22(21-15-9-8-14-20(21)17-26)30-23(27-25)19-12-6-3-7-13-19/h2-15,22H,16-17,26H2,1H3/t22?,25-/m1/s1. The number of carbonyl (C=O) groups excluding carboxylic acids is 1. The van der Waals surface area contributed by atoms with Crippen molar-refractivity contribution in [2.24, 2.45) is 10.7 Å². The van der Waals surface area contributed by atoms with Crippen LogP contribution in [0.15, 0.2) is 89.9 Å². The normalized spacial score (nSPS) is 20.3. The minimum atomic E-state index is -1.26. The Bertz CT molecular complexity index is 1050. The molecule has 0 saturated heterocycles. The predicted molar refractivity (Wildman–Crippen MR) is 116 cm³/mol. The van der Waals surface area contributed by atoms with Crippen LogP contribution in [0.4, 0.5) is 0 Å². The average Bonchev–Trinajstić information content (AvgIpc) is 3.20. The Hall–Kier alpha value is -3.44. The lowest BCUT2D eigenvalue weighted by Gasteiger charge is -2.30. The first kappa shape index (κ1) is 19.9. The van der Waals surface area contributed by atoms with Gasteiger partial charge in [0.05, 0.1) is 7.11 Å². The van der Waals surface area contributed by atoms with Gasteiger partial charge in [0.25, 0.3) is 0 Å². The van der Waals surface area contributed by atoms with Gasteiger partial charge in [0, 0.05) is 18.5 Å². The van der Waals surface area contributed by atoms with Crippen LogP contribution in [0.2, 0.25) is 0 Å². The van der Waals surface area contributed by atoms with Crippen molar-refractivity contribution in [2.75, 3.05) is 7.11 Å². The van der Waals surface area contributed by atoms with E-state index in [0.717, 1.165) is 22.3 Å². The fourth-order valence-electron chi connectivity index (χ4n) is 3.93. The summed E-state index contributed by atoms with van der Waals surface area (Å²) in [6.07, 6.45) is -0.305. The van der Waals surface area contributed by atoms with E-state index in [9.17, 15) is 4.79 Å². The first-order valence-electron chi connectivity index (χ1n) is 9.90. The summed E-state index contributed by atoms with van der Waals surface area (Å²) in [7, 11) is 1.39. The van der Waals surface area contributed by atoms with E-state index in [-0.39, 0.29) is 0 Å². The molecule has 5 nitrogen and oxygen atoms in total. The Labute approximate surface area is 176 Å². The molecule has 3 aromatic carbocycles. The highest BCUT2D eigenvalue weighted by Crippen LogP contribution is 2.43. The van der Waals surface area contributed by atoms with Gasteiger partial charge in [0.2, 0.25) is 11.4 Å². The van der Waals surface area contributed by atoms with Gasteiger partial charge in [-0.2, -0.15) is 0 Å². The van der Waals surface area contributed by atoms with Crippen molar-refractivity contribution in [3.05, 3.63) is 107 Å². The number of hydrogen-bond acceptors (Lipinski definition) is 5. The lowest BCUT2D eigenvalue weighted by Crippen LogP contribution is -2.44. The van der Waals surface area contributed by atoms with Crippen molar-refractivity contribution in [3.8, 4) is 0 Å². The number of nitrogens with zero attached hydrogens (tertiary/aromatic N) is 1.